The summed E-state index contributed by atoms with van der Waals surface area (Å²) in [6.07, 6.45) is 3.69. The predicted octanol–water partition coefficient (Wildman–Crippen LogP) is 5.36. The minimum atomic E-state index is -0.934. The molecule has 4 heteroatoms. The number of aromatic carboxylic acids is 1. The molecule has 0 aliphatic carbocycles. The highest BCUT2D eigenvalue weighted by atomic mass is 16.4. The number of hydrogen-bond donors (Lipinski definition) is 1. The van der Waals surface area contributed by atoms with Crippen molar-refractivity contribution in [2.24, 2.45) is 0 Å². The van der Waals surface area contributed by atoms with Crippen LogP contribution in [0.1, 0.15) is 21.5 Å². The number of fused-ring (bicyclic) bond motifs is 1. The Morgan fingerprint density at radius 2 is 1.62 bits per heavy atom. The second-order valence-electron chi connectivity index (χ2n) is 5.83. The number of carbonyl (C=O) groups is 1. The number of para-hydroxylation sites is 2. The number of carboxylic acids is 1. The lowest BCUT2D eigenvalue weighted by Crippen LogP contribution is -1.98. The molecule has 0 aliphatic heterocycles. The molecule has 4 aromatic rings. The number of oxazole rings is 1. The van der Waals surface area contributed by atoms with Crippen LogP contribution in [-0.2, 0) is 0 Å². The van der Waals surface area contributed by atoms with Gasteiger partial charge >= 0.3 is 5.97 Å². The zero-order valence-corrected chi connectivity index (χ0v) is 13.8. The third-order valence-corrected chi connectivity index (χ3v) is 4.10. The molecular formula is C22H15NO3. The maximum atomic E-state index is 11.3. The van der Waals surface area contributed by atoms with E-state index in [2.05, 4.69) is 4.98 Å². The van der Waals surface area contributed by atoms with E-state index in [1.807, 2.05) is 60.7 Å². The summed E-state index contributed by atoms with van der Waals surface area (Å²) in [4.78, 5) is 15.7. The van der Waals surface area contributed by atoms with Gasteiger partial charge in [-0.2, -0.15) is 0 Å². The van der Waals surface area contributed by atoms with E-state index in [0.29, 0.717) is 11.5 Å². The smallest absolute Gasteiger partial charge is 0.336 e. The van der Waals surface area contributed by atoms with Crippen LogP contribution in [0.5, 0.6) is 0 Å². The summed E-state index contributed by atoms with van der Waals surface area (Å²) in [5.74, 6) is -0.352. The lowest BCUT2D eigenvalue weighted by Gasteiger charge is -2.01. The van der Waals surface area contributed by atoms with Gasteiger partial charge in [-0.3, -0.25) is 0 Å². The van der Waals surface area contributed by atoms with Crippen LogP contribution in [0.3, 0.4) is 0 Å². The zero-order valence-electron chi connectivity index (χ0n) is 13.8. The third kappa shape index (κ3) is 3.13. The molecule has 0 unspecified atom stereocenters. The van der Waals surface area contributed by atoms with Crippen LogP contribution in [0.25, 0.3) is 34.7 Å². The van der Waals surface area contributed by atoms with Gasteiger partial charge in [-0.25, -0.2) is 9.78 Å². The van der Waals surface area contributed by atoms with Gasteiger partial charge < -0.3 is 9.52 Å². The summed E-state index contributed by atoms with van der Waals surface area (Å²) in [5.41, 5.74) is 4.40. The van der Waals surface area contributed by atoms with Crippen LogP contribution in [-0.4, -0.2) is 16.1 Å². The average Bonchev–Trinajstić information content (AvgIpc) is 3.11. The van der Waals surface area contributed by atoms with Gasteiger partial charge in [-0.05, 0) is 41.5 Å². The SMILES string of the molecule is O=C(O)c1ccccc1/C=C/c1ccc(-c2nc3ccccc3o2)cc1. The first-order chi connectivity index (χ1) is 12.7. The van der Waals surface area contributed by atoms with Gasteiger partial charge in [-0.15, -0.1) is 0 Å². The lowest BCUT2D eigenvalue weighted by molar-refractivity contribution is 0.0696. The van der Waals surface area contributed by atoms with Crippen molar-refractivity contribution in [3.8, 4) is 11.5 Å². The summed E-state index contributed by atoms with van der Waals surface area (Å²) < 4.78 is 5.77. The molecule has 126 valence electrons. The normalized spacial score (nSPS) is 11.2. The molecule has 1 N–H and O–H groups in total. The van der Waals surface area contributed by atoms with Crippen molar-refractivity contribution in [3.63, 3.8) is 0 Å². The topological polar surface area (TPSA) is 63.3 Å². The molecule has 0 saturated carbocycles. The quantitative estimate of drug-likeness (QED) is 0.507. The maximum Gasteiger partial charge on any atom is 0.336 e. The largest absolute Gasteiger partial charge is 0.478 e. The lowest BCUT2D eigenvalue weighted by atomic mass is 10.1. The van der Waals surface area contributed by atoms with E-state index in [-0.39, 0.29) is 5.56 Å². The molecular weight excluding hydrogens is 326 g/mol. The number of rotatable bonds is 4. The molecule has 4 nitrogen and oxygen atoms in total. The fourth-order valence-electron chi connectivity index (χ4n) is 2.76. The van der Waals surface area contributed by atoms with Gasteiger partial charge in [0.05, 0.1) is 5.56 Å². The number of hydrogen-bond acceptors (Lipinski definition) is 3. The van der Waals surface area contributed by atoms with E-state index in [9.17, 15) is 9.90 Å². The van der Waals surface area contributed by atoms with Gasteiger partial charge in [0.1, 0.15) is 5.52 Å². The highest BCUT2D eigenvalue weighted by Crippen LogP contribution is 2.24. The Morgan fingerprint density at radius 3 is 2.38 bits per heavy atom. The zero-order chi connectivity index (χ0) is 17.9. The molecule has 0 fully saturated rings. The molecule has 0 aliphatic rings. The van der Waals surface area contributed by atoms with Crippen molar-refractivity contribution in [3.05, 3.63) is 89.5 Å². The Kier molecular flexibility index (Phi) is 4.07. The summed E-state index contributed by atoms with van der Waals surface area (Å²) in [7, 11) is 0. The van der Waals surface area contributed by atoms with Gasteiger partial charge in [0, 0.05) is 5.56 Å². The molecule has 0 bridgehead atoms. The molecule has 0 amide bonds. The fourth-order valence-corrected chi connectivity index (χ4v) is 2.76. The minimum absolute atomic E-state index is 0.284. The molecule has 0 saturated heterocycles. The molecule has 0 spiro atoms. The van der Waals surface area contributed by atoms with E-state index < -0.39 is 5.97 Å². The van der Waals surface area contributed by atoms with Crippen molar-refractivity contribution >= 4 is 29.2 Å². The van der Waals surface area contributed by atoms with Gasteiger partial charge in [0.15, 0.2) is 5.58 Å². The Labute approximate surface area is 150 Å². The molecule has 3 aromatic carbocycles. The molecule has 1 aromatic heterocycles. The van der Waals surface area contributed by atoms with Crippen molar-refractivity contribution < 1.29 is 14.3 Å². The van der Waals surface area contributed by atoms with Crippen molar-refractivity contribution in [2.75, 3.05) is 0 Å². The van der Waals surface area contributed by atoms with Crippen LogP contribution < -0.4 is 0 Å². The highest BCUT2D eigenvalue weighted by molar-refractivity contribution is 5.93. The van der Waals surface area contributed by atoms with Crippen LogP contribution >= 0.6 is 0 Å². The Balaban J connectivity index is 1.59. The number of nitrogens with zero attached hydrogens (tertiary/aromatic N) is 1. The second kappa shape index (κ2) is 6.69. The van der Waals surface area contributed by atoms with Crippen LogP contribution in [0.2, 0.25) is 0 Å². The van der Waals surface area contributed by atoms with Crippen LogP contribution in [0.4, 0.5) is 0 Å². The van der Waals surface area contributed by atoms with E-state index in [4.69, 9.17) is 4.42 Å². The second-order valence-corrected chi connectivity index (χ2v) is 5.83. The molecule has 0 radical (unpaired) electrons. The molecule has 26 heavy (non-hydrogen) atoms. The molecule has 0 atom stereocenters. The standard InChI is InChI=1S/C22H15NO3/c24-22(25)18-6-2-1-5-16(18)12-9-15-10-13-17(14-11-15)21-23-19-7-3-4-8-20(19)26-21/h1-14H,(H,24,25)/b12-9+. The monoisotopic (exact) mass is 341 g/mol. The van der Waals surface area contributed by atoms with Gasteiger partial charge in [0.25, 0.3) is 0 Å². The number of carboxylic acid groups (broad SMARTS) is 1. The summed E-state index contributed by atoms with van der Waals surface area (Å²) in [6.45, 7) is 0. The first-order valence-corrected chi connectivity index (χ1v) is 8.17. The van der Waals surface area contributed by atoms with E-state index in [1.165, 1.54) is 0 Å². The van der Waals surface area contributed by atoms with E-state index >= 15 is 0 Å². The fraction of sp³-hybridized carbons (Fsp3) is 0. The van der Waals surface area contributed by atoms with Gasteiger partial charge in [0.2, 0.25) is 5.89 Å². The summed E-state index contributed by atoms with van der Waals surface area (Å²) in [6, 6.07) is 22.3. The Hall–Kier alpha value is -3.66. The first-order valence-electron chi connectivity index (χ1n) is 8.17. The maximum absolute atomic E-state index is 11.3. The van der Waals surface area contributed by atoms with E-state index in [1.54, 1.807) is 24.3 Å². The highest BCUT2D eigenvalue weighted by Gasteiger charge is 2.08. The van der Waals surface area contributed by atoms with Crippen molar-refractivity contribution in [1.29, 1.82) is 0 Å². The minimum Gasteiger partial charge on any atom is -0.478 e. The Morgan fingerprint density at radius 1 is 0.885 bits per heavy atom. The predicted molar refractivity (Wildman–Crippen MR) is 102 cm³/mol. The Bertz CT molecular complexity index is 1070. The molecule has 1 heterocycles. The van der Waals surface area contributed by atoms with Crippen molar-refractivity contribution in [1.82, 2.24) is 4.98 Å². The van der Waals surface area contributed by atoms with Crippen molar-refractivity contribution in [2.45, 2.75) is 0 Å². The van der Waals surface area contributed by atoms with Gasteiger partial charge in [-0.1, -0.05) is 54.6 Å². The average molecular weight is 341 g/mol. The van der Waals surface area contributed by atoms with Crippen LogP contribution in [0.15, 0.2) is 77.2 Å². The summed E-state index contributed by atoms with van der Waals surface area (Å²) >= 11 is 0. The van der Waals surface area contributed by atoms with E-state index in [0.717, 1.165) is 22.2 Å². The van der Waals surface area contributed by atoms with Crippen LogP contribution in [0, 0.1) is 0 Å². The summed E-state index contributed by atoms with van der Waals surface area (Å²) in [5, 5.41) is 9.23. The number of benzene rings is 3. The number of aromatic nitrogens is 1. The third-order valence-electron chi connectivity index (χ3n) is 4.10. The first kappa shape index (κ1) is 15.8. The molecule has 4 rings (SSSR count).